The molecule has 144 valence electrons. The van der Waals surface area contributed by atoms with E-state index in [0.717, 1.165) is 30.5 Å². The van der Waals surface area contributed by atoms with E-state index in [-0.39, 0.29) is 11.3 Å². The van der Waals surface area contributed by atoms with E-state index in [1.54, 1.807) is 0 Å². The average molecular weight is 386 g/mol. The van der Waals surface area contributed by atoms with Gasteiger partial charge >= 0.3 is 0 Å². The van der Waals surface area contributed by atoms with Crippen LogP contribution in [0.3, 0.4) is 0 Å². The van der Waals surface area contributed by atoms with E-state index in [0.29, 0.717) is 28.3 Å². The molecule has 2 atom stereocenters. The fourth-order valence-electron chi connectivity index (χ4n) is 5.12. The number of thioether (sulfide) groups is 1. The van der Waals surface area contributed by atoms with Crippen molar-refractivity contribution < 1.29 is 9.21 Å². The first kappa shape index (κ1) is 18.5. The molecule has 6 heteroatoms. The van der Waals surface area contributed by atoms with Crippen molar-refractivity contribution in [2.24, 2.45) is 10.8 Å². The molecule has 0 spiro atoms. The van der Waals surface area contributed by atoms with Crippen LogP contribution in [0.2, 0.25) is 0 Å². The van der Waals surface area contributed by atoms with Gasteiger partial charge in [-0.1, -0.05) is 50.2 Å². The number of hydrogen-bond acceptors (Lipinski definition) is 5. The van der Waals surface area contributed by atoms with Crippen molar-refractivity contribution in [2.75, 3.05) is 12.3 Å². The smallest absolute Gasteiger partial charge is 0.277 e. The normalized spacial score (nSPS) is 26.4. The van der Waals surface area contributed by atoms with Crippen molar-refractivity contribution in [1.82, 2.24) is 15.1 Å². The summed E-state index contributed by atoms with van der Waals surface area (Å²) in [7, 11) is 0. The lowest BCUT2D eigenvalue weighted by Gasteiger charge is -2.39. The van der Waals surface area contributed by atoms with Gasteiger partial charge in [-0.05, 0) is 49.1 Å². The minimum absolute atomic E-state index is 0.182. The molecule has 2 bridgehead atoms. The summed E-state index contributed by atoms with van der Waals surface area (Å²) in [6, 6.07) is 8.34. The molecule has 1 aliphatic heterocycles. The second-order valence-corrected chi connectivity index (χ2v) is 10.2. The van der Waals surface area contributed by atoms with E-state index < -0.39 is 0 Å². The molecule has 27 heavy (non-hydrogen) atoms. The first-order valence-corrected chi connectivity index (χ1v) is 10.5. The lowest BCUT2D eigenvalue weighted by atomic mass is 9.65. The van der Waals surface area contributed by atoms with Gasteiger partial charge in [0, 0.05) is 18.2 Å². The molecule has 2 aromatic rings. The molecule has 1 aromatic carbocycles. The number of aromatic nitrogens is 2. The maximum absolute atomic E-state index is 12.9. The van der Waals surface area contributed by atoms with Crippen LogP contribution in [-0.2, 0) is 4.79 Å². The monoisotopic (exact) mass is 385 g/mol. The Balaban J connectivity index is 1.39. The second kappa shape index (κ2) is 6.66. The topological polar surface area (TPSA) is 59.2 Å². The highest BCUT2D eigenvalue weighted by molar-refractivity contribution is 7.99. The number of benzene rings is 1. The van der Waals surface area contributed by atoms with Gasteiger partial charge in [-0.2, -0.15) is 0 Å². The third kappa shape index (κ3) is 3.91. The van der Waals surface area contributed by atoms with Gasteiger partial charge in [0.1, 0.15) is 0 Å². The number of nitrogens with zero attached hydrogens (tertiary/aromatic N) is 3. The van der Waals surface area contributed by atoms with Gasteiger partial charge in [-0.3, -0.25) is 4.79 Å². The molecule has 1 saturated carbocycles. The Morgan fingerprint density at radius 1 is 1.30 bits per heavy atom. The van der Waals surface area contributed by atoms with Gasteiger partial charge in [0.2, 0.25) is 11.8 Å². The highest BCUT2D eigenvalue weighted by Gasteiger charge is 2.50. The van der Waals surface area contributed by atoms with Crippen LogP contribution in [0.1, 0.15) is 45.6 Å². The molecule has 2 heterocycles. The zero-order valence-electron chi connectivity index (χ0n) is 16.5. The molecule has 4 rings (SSSR count). The van der Waals surface area contributed by atoms with Crippen molar-refractivity contribution >= 4 is 17.7 Å². The van der Waals surface area contributed by atoms with Crippen molar-refractivity contribution in [3.8, 4) is 11.5 Å². The highest BCUT2D eigenvalue weighted by Crippen LogP contribution is 2.52. The molecule has 0 unspecified atom stereocenters. The van der Waals surface area contributed by atoms with Crippen molar-refractivity contribution in [1.29, 1.82) is 0 Å². The van der Waals surface area contributed by atoms with Crippen LogP contribution < -0.4 is 0 Å². The summed E-state index contributed by atoms with van der Waals surface area (Å²) in [5, 5.41) is 8.68. The lowest BCUT2D eigenvalue weighted by molar-refractivity contribution is -0.129. The minimum atomic E-state index is 0.182. The van der Waals surface area contributed by atoms with Crippen molar-refractivity contribution in [3.05, 3.63) is 29.8 Å². The largest absolute Gasteiger partial charge is 0.411 e. The van der Waals surface area contributed by atoms with Crippen LogP contribution in [0, 0.1) is 17.8 Å². The summed E-state index contributed by atoms with van der Waals surface area (Å²) in [6.45, 7) is 9.88. The predicted molar refractivity (Wildman–Crippen MR) is 106 cm³/mol. The van der Waals surface area contributed by atoms with Crippen LogP contribution in [-0.4, -0.2) is 39.3 Å². The van der Waals surface area contributed by atoms with E-state index in [1.165, 1.54) is 18.2 Å². The Kier molecular flexibility index (Phi) is 4.57. The molecular formula is C21H27N3O2S. The Bertz CT molecular complexity index is 863. The second-order valence-electron chi connectivity index (χ2n) is 9.27. The molecule has 2 fully saturated rings. The van der Waals surface area contributed by atoms with Gasteiger partial charge in [-0.25, -0.2) is 0 Å². The summed E-state index contributed by atoms with van der Waals surface area (Å²) in [4.78, 5) is 14.9. The standard InChI is InChI=1S/C21H27N3O2S/c1-14-6-5-7-15(8-14)18-22-23-19(26-18)27-11-17(25)24-13-21(4)10-16(24)9-20(2,3)12-21/h5-8,16H,9-13H2,1-4H3/t16-,21-/m1/s1. The van der Waals surface area contributed by atoms with E-state index in [1.807, 2.05) is 31.2 Å². The Hall–Kier alpha value is -1.82. The summed E-state index contributed by atoms with van der Waals surface area (Å²) in [5.74, 6) is 1.03. The molecule has 0 radical (unpaired) electrons. The number of amides is 1. The lowest BCUT2D eigenvalue weighted by Crippen LogP contribution is -2.38. The summed E-state index contributed by atoms with van der Waals surface area (Å²) >= 11 is 1.34. The van der Waals surface area contributed by atoms with Crippen molar-refractivity contribution in [2.45, 2.75) is 58.2 Å². The number of aryl methyl sites for hydroxylation is 1. The van der Waals surface area contributed by atoms with E-state index in [2.05, 4.69) is 35.9 Å². The number of fused-ring (bicyclic) bond motifs is 2. The molecular weight excluding hydrogens is 358 g/mol. The Labute approximate surface area is 164 Å². The zero-order valence-corrected chi connectivity index (χ0v) is 17.3. The average Bonchev–Trinajstić information content (AvgIpc) is 3.14. The van der Waals surface area contributed by atoms with Gasteiger partial charge in [0.05, 0.1) is 5.75 Å². The Morgan fingerprint density at radius 2 is 2.11 bits per heavy atom. The number of hydrogen-bond donors (Lipinski definition) is 0. The van der Waals surface area contributed by atoms with E-state index in [9.17, 15) is 4.79 Å². The summed E-state index contributed by atoms with van der Waals surface area (Å²) in [5.41, 5.74) is 2.63. The number of carbonyl (C=O) groups is 1. The molecule has 1 amide bonds. The third-order valence-corrected chi connectivity index (χ3v) is 6.53. The molecule has 0 N–H and O–H groups in total. The van der Waals surface area contributed by atoms with Gasteiger partial charge in [-0.15, -0.1) is 10.2 Å². The van der Waals surface area contributed by atoms with E-state index >= 15 is 0 Å². The summed E-state index contributed by atoms with van der Waals surface area (Å²) < 4.78 is 5.75. The molecule has 1 aromatic heterocycles. The zero-order chi connectivity index (χ0) is 19.2. The first-order valence-electron chi connectivity index (χ1n) is 9.56. The first-order chi connectivity index (χ1) is 12.7. The highest BCUT2D eigenvalue weighted by atomic mass is 32.2. The molecule has 1 saturated heterocycles. The SMILES string of the molecule is Cc1cccc(-c2nnc(SCC(=O)N3C[C@]4(C)C[C@H]3CC(C)(C)C4)o2)c1. The Morgan fingerprint density at radius 3 is 2.89 bits per heavy atom. The van der Waals surface area contributed by atoms with Crippen LogP contribution in [0.5, 0.6) is 0 Å². The fraction of sp³-hybridized carbons (Fsp3) is 0.571. The molecule has 2 aliphatic rings. The predicted octanol–water partition coefficient (Wildman–Crippen LogP) is 4.56. The van der Waals surface area contributed by atoms with Gasteiger partial charge in [0.25, 0.3) is 5.22 Å². The van der Waals surface area contributed by atoms with Crippen LogP contribution in [0.4, 0.5) is 0 Å². The third-order valence-electron chi connectivity index (χ3n) is 5.73. The van der Waals surface area contributed by atoms with E-state index in [4.69, 9.17) is 4.42 Å². The van der Waals surface area contributed by atoms with Crippen molar-refractivity contribution in [3.63, 3.8) is 0 Å². The maximum Gasteiger partial charge on any atom is 0.277 e. The van der Waals surface area contributed by atoms with Crippen LogP contribution >= 0.6 is 11.8 Å². The summed E-state index contributed by atoms with van der Waals surface area (Å²) in [6.07, 6.45) is 3.42. The number of rotatable bonds is 4. The molecule has 5 nitrogen and oxygen atoms in total. The van der Waals surface area contributed by atoms with Crippen LogP contribution in [0.15, 0.2) is 33.9 Å². The number of likely N-dealkylation sites (tertiary alicyclic amines) is 1. The van der Waals surface area contributed by atoms with Gasteiger partial charge in [0.15, 0.2) is 0 Å². The minimum Gasteiger partial charge on any atom is -0.411 e. The molecule has 1 aliphatic carbocycles. The van der Waals surface area contributed by atoms with Crippen LogP contribution in [0.25, 0.3) is 11.5 Å². The maximum atomic E-state index is 12.9. The quantitative estimate of drug-likeness (QED) is 0.722. The van der Waals surface area contributed by atoms with Gasteiger partial charge < -0.3 is 9.32 Å². The number of carbonyl (C=O) groups excluding carboxylic acids is 1. The fourth-order valence-corrected chi connectivity index (χ4v) is 5.77.